The molecule has 2 unspecified atom stereocenters. The van der Waals surface area contributed by atoms with Gasteiger partial charge in [0.1, 0.15) is 11.4 Å². The Labute approximate surface area is 162 Å². The smallest absolute Gasteiger partial charge is 0.273 e. The molecule has 3 N–H and O–H groups in total. The van der Waals surface area contributed by atoms with Crippen LogP contribution in [-0.4, -0.2) is 26.8 Å². The number of hydrogen-bond acceptors (Lipinski definition) is 6. The molecule has 1 aliphatic rings. The third-order valence-electron chi connectivity index (χ3n) is 4.64. The van der Waals surface area contributed by atoms with Crippen LogP contribution < -0.4 is 20.9 Å². The van der Waals surface area contributed by atoms with E-state index >= 15 is 0 Å². The zero-order valence-electron chi connectivity index (χ0n) is 15.5. The second-order valence-electron chi connectivity index (χ2n) is 6.66. The summed E-state index contributed by atoms with van der Waals surface area (Å²) < 4.78 is 7.35. The van der Waals surface area contributed by atoms with Crippen molar-refractivity contribution in [3.63, 3.8) is 0 Å². The zero-order valence-corrected chi connectivity index (χ0v) is 15.5. The van der Waals surface area contributed by atoms with E-state index in [0.717, 1.165) is 23.3 Å². The molecule has 4 rings (SSSR count). The van der Waals surface area contributed by atoms with Crippen molar-refractivity contribution in [3.8, 4) is 5.75 Å². The number of nitrogens with one attached hydrogen (secondary N) is 3. The van der Waals surface area contributed by atoms with Crippen LogP contribution in [0.25, 0.3) is 0 Å². The number of hydrogen-bond donors (Lipinski definition) is 3. The van der Waals surface area contributed by atoms with Gasteiger partial charge in [-0.3, -0.25) is 9.78 Å². The van der Waals surface area contributed by atoms with Crippen LogP contribution >= 0.6 is 0 Å². The zero-order chi connectivity index (χ0) is 19.3. The first-order valence-corrected chi connectivity index (χ1v) is 9.13. The number of nitrogens with zero attached hydrogens (tertiary/aromatic N) is 3. The number of rotatable bonds is 6. The monoisotopic (exact) mass is 378 g/mol. The van der Waals surface area contributed by atoms with E-state index in [0.29, 0.717) is 5.69 Å². The Kier molecular flexibility index (Phi) is 5.31. The average Bonchev–Trinajstić information content (AvgIpc) is 3.38. The molecular formula is C20H22N6O2. The number of pyridine rings is 1. The number of ether oxygens (including phenoxy) is 1. The number of carbonyl (C=O) groups excluding carboxylic acids is 1. The fraction of sp³-hybridized carbons (Fsp3) is 0.250. The summed E-state index contributed by atoms with van der Waals surface area (Å²) in [4.78, 5) is 16.5. The van der Waals surface area contributed by atoms with Crippen molar-refractivity contribution in [1.29, 1.82) is 0 Å². The van der Waals surface area contributed by atoms with Crippen molar-refractivity contribution in [2.45, 2.75) is 32.3 Å². The number of para-hydroxylation sites is 1. The lowest BCUT2D eigenvalue weighted by molar-refractivity contribution is 0.0925. The van der Waals surface area contributed by atoms with Gasteiger partial charge in [0.25, 0.3) is 5.91 Å². The van der Waals surface area contributed by atoms with Gasteiger partial charge >= 0.3 is 0 Å². The maximum Gasteiger partial charge on any atom is 0.273 e. The van der Waals surface area contributed by atoms with E-state index in [4.69, 9.17) is 4.74 Å². The van der Waals surface area contributed by atoms with Crippen molar-refractivity contribution >= 4 is 5.91 Å². The first kappa shape index (κ1) is 18.1. The minimum absolute atomic E-state index is 0.119. The lowest BCUT2D eigenvalue weighted by atomic mass is 10.1. The molecule has 0 bridgehead atoms. The van der Waals surface area contributed by atoms with Crippen LogP contribution in [0.2, 0.25) is 0 Å². The first-order valence-electron chi connectivity index (χ1n) is 9.13. The number of carbonyl (C=O) groups is 1. The molecule has 2 atom stereocenters. The highest BCUT2D eigenvalue weighted by Gasteiger charge is 2.26. The summed E-state index contributed by atoms with van der Waals surface area (Å²) in [6.45, 7) is 2.23. The molecule has 1 amide bonds. The Morgan fingerprint density at radius 1 is 1.21 bits per heavy atom. The standard InChI is InChI=1S/C20H22N6O2/c1-14-4-2-3-5-18(14)28-13-26-11-8-16(25-26)20(27)22-19-12-17(23-24-19)15-6-9-21-10-7-15/h2-11,17,19,23-24H,12-13H2,1H3,(H,22,27). The maximum atomic E-state index is 12.5. The minimum Gasteiger partial charge on any atom is -0.471 e. The second-order valence-corrected chi connectivity index (χ2v) is 6.66. The van der Waals surface area contributed by atoms with Crippen LogP contribution in [0.4, 0.5) is 0 Å². The first-order chi connectivity index (χ1) is 13.7. The van der Waals surface area contributed by atoms with Crippen LogP contribution in [0, 0.1) is 6.92 Å². The number of hydrazine groups is 1. The highest BCUT2D eigenvalue weighted by Crippen LogP contribution is 2.20. The van der Waals surface area contributed by atoms with E-state index in [9.17, 15) is 4.79 Å². The molecule has 0 saturated carbocycles. The maximum absolute atomic E-state index is 12.5. The molecule has 3 heterocycles. The second kappa shape index (κ2) is 8.20. The van der Waals surface area contributed by atoms with Gasteiger partial charge in [-0.15, -0.1) is 0 Å². The van der Waals surface area contributed by atoms with Crippen LogP contribution in [0.5, 0.6) is 5.75 Å². The minimum atomic E-state index is -0.232. The molecule has 0 radical (unpaired) electrons. The van der Waals surface area contributed by atoms with Gasteiger partial charge in [-0.1, -0.05) is 18.2 Å². The summed E-state index contributed by atoms with van der Waals surface area (Å²) in [6.07, 6.45) is 5.79. The van der Waals surface area contributed by atoms with E-state index in [1.807, 2.05) is 43.3 Å². The molecule has 8 nitrogen and oxygen atoms in total. The molecular weight excluding hydrogens is 356 g/mol. The lowest BCUT2D eigenvalue weighted by Crippen LogP contribution is -2.44. The molecule has 0 aliphatic carbocycles. The SMILES string of the molecule is Cc1ccccc1OCn1ccc(C(=O)NC2CC(c3ccncc3)NN2)n1. The van der Waals surface area contributed by atoms with E-state index in [2.05, 4.69) is 26.3 Å². The third kappa shape index (κ3) is 4.19. The van der Waals surface area contributed by atoms with Gasteiger partial charge in [0.15, 0.2) is 6.73 Å². The third-order valence-corrected chi connectivity index (χ3v) is 4.64. The Hall–Kier alpha value is -3.23. The average molecular weight is 378 g/mol. The number of aryl methyl sites for hydroxylation is 1. The number of benzene rings is 1. The lowest BCUT2D eigenvalue weighted by Gasteiger charge is -2.11. The Balaban J connectivity index is 1.30. The predicted octanol–water partition coefficient (Wildman–Crippen LogP) is 1.92. The van der Waals surface area contributed by atoms with Crippen molar-refractivity contribution in [1.82, 2.24) is 30.9 Å². The van der Waals surface area contributed by atoms with E-state index in [-0.39, 0.29) is 24.8 Å². The Morgan fingerprint density at radius 3 is 2.86 bits per heavy atom. The topological polar surface area (TPSA) is 93.1 Å². The van der Waals surface area contributed by atoms with E-state index in [1.165, 1.54) is 0 Å². The number of amides is 1. The molecule has 8 heteroatoms. The predicted molar refractivity (Wildman–Crippen MR) is 103 cm³/mol. The van der Waals surface area contributed by atoms with Gasteiger partial charge in [-0.2, -0.15) is 5.10 Å². The van der Waals surface area contributed by atoms with Crippen molar-refractivity contribution in [2.75, 3.05) is 0 Å². The Bertz CT molecular complexity index is 943. The number of aromatic nitrogens is 3. The van der Waals surface area contributed by atoms with Gasteiger partial charge in [0, 0.05) is 31.1 Å². The molecule has 1 fully saturated rings. The summed E-state index contributed by atoms with van der Waals surface area (Å²) in [5.74, 6) is 0.566. The van der Waals surface area contributed by atoms with E-state index in [1.54, 1.807) is 29.3 Å². The molecule has 3 aromatic rings. The van der Waals surface area contributed by atoms with Crippen molar-refractivity contribution in [2.24, 2.45) is 0 Å². The summed E-state index contributed by atoms with van der Waals surface area (Å²) in [7, 11) is 0. The normalized spacial score (nSPS) is 18.8. The fourth-order valence-corrected chi connectivity index (χ4v) is 3.11. The van der Waals surface area contributed by atoms with E-state index < -0.39 is 0 Å². The quantitative estimate of drug-likeness (QED) is 0.607. The molecule has 0 spiro atoms. The molecule has 28 heavy (non-hydrogen) atoms. The van der Waals surface area contributed by atoms with Crippen molar-refractivity contribution in [3.05, 3.63) is 77.9 Å². The molecule has 1 saturated heterocycles. The summed E-state index contributed by atoms with van der Waals surface area (Å²) in [6, 6.07) is 13.5. The van der Waals surface area contributed by atoms with Crippen LogP contribution in [0.15, 0.2) is 61.1 Å². The summed E-state index contributed by atoms with van der Waals surface area (Å²) in [5, 5.41) is 7.24. The highest BCUT2D eigenvalue weighted by molar-refractivity contribution is 5.92. The largest absolute Gasteiger partial charge is 0.471 e. The summed E-state index contributed by atoms with van der Waals surface area (Å²) >= 11 is 0. The fourth-order valence-electron chi connectivity index (χ4n) is 3.11. The van der Waals surface area contributed by atoms with Crippen LogP contribution in [0.1, 0.15) is 34.1 Å². The van der Waals surface area contributed by atoms with Crippen molar-refractivity contribution < 1.29 is 9.53 Å². The molecule has 144 valence electrons. The van der Waals surface area contributed by atoms with Gasteiger partial charge in [0.2, 0.25) is 0 Å². The van der Waals surface area contributed by atoms with Gasteiger partial charge in [0.05, 0.1) is 6.17 Å². The summed E-state index contributed by atoms with van der Waals surface area (Å²) in [5.41, 5.74) is 8.82. The molecule has 1 aromatic carbocycles. The van der Waals surface area contributed by atoms with Gasteiger partial charge < -0.3 is 10.1 Å². The molecule has 1 aliphatic heterocycles. The highest BCUT2D eigenvalue weighted by atomic mass is 16.5. The molecule has 2 aromatic heterocycles. The van der Waals surface area contributed by atoms with Crippen LogP contribution in [-0.2, 0) is 6.73 Å². The van der Waals surface area contributed by atoms with Gasteiger partial charge in [-0.25, -0.2) is 15.5 Å². The van der Waals surface area contributed by atoms with Gasteiger partial charge in [-0.05, 0) is 42.3 Å². The Morgan fingerprint density at radius 2 is 2.04 bits per heavy atom. The van der Waals surface area contributed by atoms with Crippen LogP contribution in [0.3, 0.4) is 0 Å².